The third-order valence-corrected chi connectivity index (χ3v) is 2.95. The van der Waals surface area contributed by atoms with Crippen molar-refractivity contribution in [2.24, 2.45) is 0 Å². The summed E-state index contributed by atoms with van der Waals surface area (Å²) in [6.07, 6.45) is 3.50. The fourth-order valence-electron chi connectivity index (χ4n) is 1.51. The predicted molar refractivity (Wildman–Crippen MR) is 74.4 cm³/mol. The number of aromatic amines is 1. The summed E-state index contributed by atoms with van der Waals surface area (Å²) in [7, 11) is 0. The maximum atomic E-state index is 10.9. The van der Waals surface area contributed by atoms with Crippen LogP contribution in [0.2, 0.25) is 0 Å². The van der Waals surface area contributed by atoms with Crippen molar-refractivity contribution < 1.29 is 4.79 Å². The smallest absolute Gasteiger partial charge is 0.221 e. The minimum atomic E-state index is -0.0850. The average molecular weight is 309 g/mol. The summed E-state index contributed by atoms with van der Waals surface area (Å²) in [6.45, 7) is 2.10. The van der Waals surface area contributed by atoms with E-state index in [4.69, 9.17) is 0 Å². The molecule has 1 aromatic carbocycles. The van der Waals surface area contributed by atoms with Crippen molar-refractivity contribution in [1.82, 2.24) is 9.97 Å². The van der Waals surface area contributed by atoms with Crippen LogP contribution < -0.4 is 10.6 Å². The number of hydrogen-bond acceptors (Lipinski definition) is 3. The summed E-state index contributed by atoms with van der Waals surface area (Å²) in [4.78, 5) is 18.1. The van der Waals surface area contributed by atoms with Gasteiger partial charge in [-0.25, -0.2) is 4.98 Å². The van der Waals surface area contributed by atoms with E-state index in [1.54, 1.807) is 12.4 Å². The monoisotopic (exact) mass is 308 g/mol. The molecule has 3 N–H and O–H groups in total. The zero-order chi connectivity index (χ0) is 13.0. The minimum Gasteiger partial charge on any atom is -0.377 e. The van der Waals surface area contributed by atoms with E-state index in [1.807, 2.05) is 18.2 Å². The lowest BCUT2D eigenvalue weighted by Crippen LogP contribution is -2.06. The van der Waals surface area contributed by atoms with Crippen molar-refractivity contribution in [3.8, 4) is 0 Å². The molecule has 0 bridgehead atoms. The van der Waals surface area contributed by atoms with Crippen LogP contribution >= 0.6 is 15.9 Å². The first kappa shape index (κ1) is 12.6. The highest BCUT2D eigenvalue weighted by atomic mass is 79.9. The molecule has 2 rings (SSSR count). The summed E-state index contributed by atoms with van der Waals surface area (Å²) < 4.78 is 0.889. The van der Waals surface area contributed by atoms with Gasteiger partial charge in [0, 0.05) is 35.2 Å². The molecule has 0 radical (unpaired) electrons. The number of nitrogens with zero attached hydrogens (tertiary/aromatic N) is 1. The average Bonchev–Trinajstić information content (AvgIpc) is 2.80. The van der Waals surface area contributed by atoms with Crippen LogP contribution in [0.4, 0.5) is 11.4 Å². The van der Waals surface area contributed by atoms with Crippen LogP contribution in [0.1, 0.15) is 12.7 Å². The summed E-state index contributed by atoms with van der Waals surface area (Å²) in [5, 5.41) is 5.97. The first-order valence-corrected chi connectivity index (χ1v) is 6.24. The minimum absolute atomic E-state index is 0.0850. The highest BCUT2D eigenvalue weighted by Crippen LogP contribution is 2.26. The Morgan fingerprint density at radius 1 is 1.50 bits per heavy atom. The molecule has 1 aromatic heterocycles. The molecule has 18 heavy (non-hydrogen) atoms. The van der Waals surface area contributed by atoms with Gasteiger partial charge in [-0.2, -0.15) is 0 Å². The standard InChI is InChI=1S/C12H13BrN4O/c1-8(18)17-9-2-3-11(10(13)6-9)16-7-12-14-4-5-15-12/h2-6,16H,7H2,1H3,(H,14,15)(H,17,18). The summed E-state index contributed by atoms with van der Waals surface area (Å²) in [5.74, 6) is 0.783. The van der Waals surface area contributed by atoms with E-state index in [2.05, 4.69) is 36.5 Å². The van der Waals surface area contributed by atoms with Gasteiger partial charge in [0.2, 0.25) is 5.91 Å². The zero-order valence-corrected chi connectivity index (χ0v) is 11.4. The van der Waals surface area contributed by atoms with Crippen molar-refractivity contribution >= 4 is 33.2 Å². The van der Waals surface area contributed by atoms with Crippen molar-refractivity contribution in [3.63, 3.8) is 0 Å². The molecule has 0 fully saturated rings. The molecule has 0 aliphatic heterocycles. The first-order chi connectivity index (χ1) is 8.65. The van der Waals surface area contributed by atoms with Crippen LogP contribution in [-0.2, 0) is 11.3 Å². The molecule has 94 valence electrons. The van der Waals surface area contributed by atoms with Crippen LogP contribution in [0.5, 0.6) is 0 Å². The van der Waals surface area contributed by atoms with Gasteiger partial charge in [0.15, 0.2) is 0 Å². The molecule has 0 aliphatic carbocycles. The second-order valence-electron chi connectivity index (χ2n) is 3.77. The van der Waals surface area contributed by atoms with Gasteiger partial charge >= 0.3 is 0 Å². The number of anilines is 2. The Labute approximate surface area is 113 Å². The van der Waals surface area contributed by atoms with Crippen molar-refractivity contribution in [2.75, 3.05) is 10.6 Å². The molecule has 0 atom stereocenters. The molecule has 6 heteroatoms. The Bertz CT molecular complexity index is 539. The lowest BCUT2D eigenvalue weighted by Gasteiger charge is -2.09. The second kappa shape index (κ2) is 5.68. The van der Waals surface area contributed by atoms with Gasteiger partial charge in [-0.15, -0.1) is 0 Å². The number of hydrogen-bond donors (Lipinski definition) is 3. The van der Waals surface area contributed by atoms with Gasteiger partial charge in [0.25, 0.3) is 0 Å². The van der Waals surface area contributed by atoms with Crippen LogP contribution in [-0.4, -0.2) is 15.9 Å². The Hall–Kier alpha value is -1.82. The van der Waals surface area contributed by atoms with Crippen LogP contribution in [0.15, 0.2) is 35.1 Å². The van der Waals surface area contributed by atoms with E-state index in [9.17, 15) is 4.79 Å². The molecule has 5 nitrogen and oxygen atoms in total. The second-order valence-corrected chi connectivity index (χ2v) is 4.62. The number of rotatable bonds is 4. The van der Waals surface area contributed by atoms with Crippen molar-refractivity contribution in [1.29, 1.82) is 0 Å². The van der Waals surface area contributed by atoms with Gasteiger partial charge in [-0.05, 0) is 34.1 Å². The molecule has 0 saturated carbocycles. The topological polar surface area (TPSA) is 69.8 Å². The number of aromatic nitrogens is 2. The lowest BCUT2D eigenvalue weighted by atomic mass is 10.2. The summed E-state index contributed by atoms with van der Waals surface area (Å²) in [5.41, 5.74) is 1.71. The van der Waals surface area contributed by atoms with Crippen molar-refractivity contribution in [3.05, 3.63) is 40.9 Å². The molecule has 0 aliphatic rings. The first-order valence-electron chi connectivity index (χ1n) is 5.44. The molecule has 1 amide bonds. The van der Waals surface area contributed by atoms with Gasteiger partial charge in [0.1, 0.15) is 5.82 Å². The SMILES string of the molecule is CC(=O)Nc1ccc(NCc2ncc[nH]2)c(Br)c1. The fourth-order valence-corrected chi connectivity index (χ4v) is 2.03. The number of H-pyrrole nitrogens is 1. The fraction of sp³-hybridized carbons (Fsp3) is 0.167. The maximum absolute atomic E-state index is 10.9. The Kier molecular flexibility index (Phi) is 3.99. The zero-order valence-electron chi connectivity index (χ0n) is 9.83. The quantitative estimate of drug-likeness (QED) is 0.813. The van der Waals surface area contributed by atoms with Gasteiger partial charge in [-0.1, -0.05) is 0 Å². The normalized spacial score (nSPS) is 10.1. The third kappa shape index (κ3) is 3.33. The van der Waals surface area contributed by atoms with E-state index >= 15 is 0 Å². The third-order valence-electron chi connectivity index (χ3n) is 2.29. The molecule has 0 saturated heterocycles. The molecule has 0 unspecified atom stereocenters. The molecule has 1 heterocycles. The number of benzene rings is 1. The number of nitrogens with one attached hydrogen (secondary N) is 3. The number of halogens is 1. The Morgan fingerprint density at radius 2 is 2.33 bits per heavy atom. The number of amides is 1. The van der Waals surface area contributed by atoms with E-state index in [0.29, 0.717) is 6.54 Å². The number of carbonyl (C=O) groups excluding carboxylic acids is 1. The number of carbonyl (C=O) groups is 1. The Balaban J connectivity index is 2.03. The van der Waals surface area contributed by atoms with Gasteiger partial charge < -0.3 is 15.6 Å². The highest BCUT2D eigenvalue weighted by molar-refractivity contribution is 9.10. The molecular weight excluding hydrogens is 296 g/mol. The van der Waals surface area contributed by atoms with Crippen LogP contribution in [0, 0.1) is 0 Å². The summed E-state index contributed by atoms with van der Waals surface area (Å²) >= 11 is 3.46. The summed E-state index contributed by atoms with van der Waals surface area (Å²) in [6, 6.07) is 5.60. The van der Waals surface area contributed by atoms with Crippen LogP contribution in [0.25, 0.3) is 0 Å². The van der Waals surface area contributed by atoms with E-state index in [1.165, 1.54) is 6.92 Å². The van der Waals surface area contributed by atoms with Gasteiger partial charge in [-0.3, -0.25) is 4.79 Å². The Morgan fingerprint density at radius 3 is 2.94 bits per heavy atom. The van der Waals surface area contributed by atoms with Crippen molar-refractivity contribution in [2.45, 2.75) is 13.5 Å². The maximum Gasteiger partial charge on any atom is 0.221 e. The lowest BCUT2D eigenvalue weighted by molar-refractivity contribution is -0.114. The van der Waals surface area contributed by atoms with E-state index in [0.717, 1.165) is 21.7 Å². The number of imidazole rings is 1. The van der Waals surface area contributed by atoms with Crippen LogP contribution in [0.3, 0.4) is 0 Å². The predicted octanol–water partition coefficient (Wildman–Crippen LogP) is 2.74. The molecule has 0 spiro atoms. The van der Waals surface area contributed by atoms with E-state index < -0.39 is 0 Å². The molecular formula is C12H13BrN4O. The largest absolute Gasteiger partial charge is 0.377 e. The van der Waals surface area contributed by atoms with Gasteiger partial charge in [0.05, 0.1) is 6.54 Å². The highest BCUT2D eigenvalue weighted by Gasteiger charge is 2.03. The molecule has 2 aromatic rings. The van der Waals surface area contributed by atoms with E-state index in [-0.39, 0.29) is 5.91 Å².